The predicted molar refractivity (Wildman–Crippen MR) is 78.8 cm³/mol. The molecule has 0 aliphatic carbocycles. The molecular formula is C12H12ClNO3S2. The molecule has 0 aromatic carbocycles. The Balaban J connectivity index is 2.00. The highest BCUT2D eigenvalue weighted by Gasteiger charge is 2.42. The normalized spacial score (nSPS) is 22.8. The van der Waals surface area contributed by atoms with Gasteiger partial charge in [0.2, 0.25) is 5.91 Å². The van der Waals surface area contributed by atoms with Crippen LogP contribution < -0.4 is 5.32 Å². The van der Waals surface area contributed by atoms with E-state index in [1.54, 1.807) is 18.2 Å². The van der Waals surface area contributed by atoms with Crippen LogP contribution in [0.2, 0.25) is 4.34 Å². The Labute approximate surface area is 123 Å². The Morgan fingerprint density at radius 1 is 1.47 bits per heavy atom. The van der Waals surface area contributed by atoms with Crippen LogP contribution in [0.5, 0.6) is 0 Å². The van der Waals surface area contributed by atoms with E-state index in [4.69, 9.17) is 11.6 Å². The number of carbonyl (C=O) groups is 2. The molecule has 0 spiro atoms. The lowest BCUT2D eigenvalue weighted by molar-refractivity contribution is -0.145. The number of thiophene rings is 1. The van der Waals surface area contributed by atoms with Gasteiger partial charge in [-0.3, -0.25) is 4.79 Å². The summed E-state index contributed by atoms with van der Waals surface area (Å²) in [6.45, 7) is 0. The number of aliphatic carboxylic acids is 1. The van der Waals surface area contributed by atoms with Gasteiger partial charge in [0.25, 0.3) is 0 Å². The molecule has 19 heavy (non-hydrogen) atoms. The standard InChI is InChI=1S/C12H12ClNO3S2/c13-9-3-1-8(19-9)2-4-10(15)14-12(11(16)17)5-6-18-7-12/h1-4H,5-7H2,(H,14,15)(H,16,17). The SMILES string of the molecule is O=C(C=Cc1ccc(Cl)s1)NC1(C(=O)O)CCSC1. The lowest BCUT2D eigenvalue weighted by Crippen LogP contribution is -2.54. The summed E-state index contributed by atoms with van der Waals surface area (Å²) in [6.07, 6.45) is 3.43. The lowest BCUT2D eigenvalue weighted by atomic mass is 9.99. The van der Waals surface area contributed by atoms with E-state index in [0.717, 1.165) is 10.6 Å². The molecule has 1 saturated heterocycles. The molecule has 0 saturated carbocycles. The number of carboxylic acid groups (broad SMARTS) is 1. The largest absolute Gasteiger partial charge is 0.479 e. The van der Waals surface area contributed by atoms with E-state index >= 15 is 0 Å². The third-order valence-corrected chi connectivity index (χ3v) is 5.17. The summed E-state index contributed by atoms with van der Waals surface area (Å²) < 4.78 is 0.647. The van der Waals surface area contributed by atoms with Gasteiger partial charge in [-0.2, -0.15) is 11.8 Å². The predicted octanol–water partition coefficient (Wildman–Crippen LogP) is 2.49. The van der Waals surface area contributed by atoms with E-state index in [1.165, 1.54) is 29.2 Å². The number of amides is 1. The van der Waals surface area contributed by atoms with Crippen LogP contribution >= 0.6 is 34.7 Å². The number of halogens is 1. The van der Waals surface area contributed by atoms with Gasteiger partial charge in [-0.15, -0.1) is 11.3 Å². The third kappa shape index (κ3) is 3.52. The second kappa shape index (κ2) is 5.98. The first-order valence-corrected chi connectivity index (χ1v) is 7.93. The molecule has 2 heterocycles. The third-order valence-electron chi connectivity index (χ3n) is 2.79. The van der Waals surface area contributed by atoms with Crippen LogP contribution in [0.3, 0.4) is 0 Å². The summed E-state index contributed by atoms with van der Waals surface area (Å²) in [6, 6.07) is 3.55. The first-order valence-electron chi connectivity index (χ1n) is 5.58. The van der Waals surface area contributed by atoms with Gasteiger partial charge < -0.3 is 10.4 Å². The number of nitrogens with one attached hydrogen (secondary N) is 1. The summed E-state index contributed by atoms with van der Waals surface area (Å²) >= 11 is 8.67. The fourth-order valence-corrected chi connectivity index (χ4v) is 4.03. The lowest BCUT2D eigenvalue weighted by Gasteiger charge is -2.23. The van der Waals surface area contributed by atoms with Gasteiger partial charge in [-0.1, -0.05) is 11.6 Å². The average molecular weight is 318 g/mol. The zero-order chi connectivity index (χ0) is 13.9. The van der Waals surface area contributed by atoms with E-state index in [9.17, 15) is 14.7 Å². The molecule has 1 aromatic rings. The summed E-state index contributed by atoms with van der Waals surface area (Å²) in [5.41, 5.74) is -1.13. The van der Waals surface area contributed by atoms with Gasteiger partial charge in [0, 0.05) is 16.7 Å². The zero-order valence-electron chi connectivity index (χ0n) is 9.89. The summed E-state index contributed by atoms with van der Waals surface area (Å²) in [4.78, 5) is 23.9. The number of carbonyl (C=O) groups excluding carboxylic acids is 1. The second-order valence-corrected chi connectivity index (χ2v) is 7.01. The van der Waals surface area contributed by atoms with Gasteiger partial charge in [-0.25, -0.2) is 4.79 Å². The molecule has 4 nitrogen and oxygen atoms in total. The van der Waals surface area contributed by atoms with Crippen molar-refractivity contribution in [1.82, 2.24) is 5.32 Å². The molecule has 1 atom stereocenters. The van der Waals surface area contributed by atoms with Crippen LogP contribution in [0, 0.1) is 0 Å². The fourth-order valence-electron chi connectivity index (χ4n) is 1.74. The number of thioether (sulfide) groups is 1. The van der Waals surface area contributed by atoms with Crippen molar-refractivity contribution in [2.75, 3.05) is 11.5 Å². The van der Waals surface area contributed by atoms with Gasteiger partial charge in [0.15, 0.2) is 0 Å². The molecule has 1 amide bonds. The van der Waals surface area contributed by atoms with E-state index in [-0.39, 0.29) is 0 Å². The highest BCUT2D eigenvalue weighted by atomic mass is 35.5. The Bertz CT molecular complexity index is 521. The van der Waals surface area contributed by atoms with Crippen LogP contribution in [0.1, 0.15) is 11.3 Å². The minimum atomic E-state index is -1.13. The first kappa shape index (κ1) is 14.4. The topological polar surface area (TPSA) is 66.4 Å². The van der Waals surface area contributed by atoms with Crippen molar-refractivity contribution in [2.24, 2.45) is 0 Å². The van der Waals surface area contributed by atoms with E-state index in [1.807, 2.05) is 0 Å². The number of hydrogen-bond acceptors (Lipinski definition) is 4. The van der Waals surface area contributed by atoms with Crippen LogP contribution in [-0.2, 0) is 9.59 Å². The summed E-state index contributed by atoms with van der Waals surface area (Å²) in [5.74, 6) is -0.211. The molecule has 102 valence electrons. The first-order chi connectivity index (χ1) is 9.02. The average Bonchev–Trinajstić information content (AvgIpc) is 2.97. The van der Waals surface area contributed by atoms with E-state index in [2.05, 4.69) is 5.32 Å². The molecular weight excluding hydrogens is 306 g/mol. The Morgan fingerprint density at radius 2 is 2.26 bits per heavy atom. The van der Waals surface area contributed by atoms with Crippen molar-refractivity contribution in [3.8, 4) is 0 Å². The van der Waals surface area contributed by atoms with Crippen molar-refractivity contribution >= 4 is 52.7 Å². The van der Waals surface area contributed by atoms with Crippen LogP contribution in [0.25, 0.3) is 6.08 Å². The molecule has 0 bridgehead atoms. The smallest absolute Gasteiger partial charge is 0.330 e. The van der Waals surface area contributed by atoms with E-state index < -0.39 is 17.4 Å². The van der Waals surface area contributed by atoms with Crippen molar-refractivity contribution in [1.29, 1.82) is 0 Å². The van der Waals surface area contributed by atoms with Crippen LogP contribution in [0.15, 0.2) is 18.2 Å². The summed E-state index contributed by atoms with van der Waals surface area (Å²) in [7, 11) is 0. The molecule has 0 radical (unpaired) electrons. The number of rotatable bonds is 4. The number of carboxylic acids is 1. The van der Waals surface area contributed by atoms with Crippen molar-refractivity contribution in [3.63, 3.8) is 0 Å². The Hall–Kier alpha value is -0.980. The van der Waals surface area contributed by atoms with Crippen molar-refractivity contribution < 1.29 is 14.7 Å². The van der Waals surface area contributed by atoms with Crippen LogP contribution in [0.4, 0.5) is 0 Å². The van der Waals surface area contributed by atoms with Gasteiger partial charge in [-0.05, 0) is 30.4 Å². The second-order valence-electron chi connectivity index (χ2n) is 4.15. The summed E-state index contributed by atoms with van der Waals surface area (Å²) in [5, 5.41) is 11.8. The maximum absolute atomic E-state index is 11.8. The monoisotopic (exact) mass is 317 g/mol. The minimum Gasteiger partial charge on any atom is -0.479 e. The maximum Gasteiger partial charge on any atom is 0.330 e. The fraction of sp³-hybridized carbons (Fsp3) is 0.333. The highest BCUT2D eigenvalue weighted by molar-refractivity contribution is 7.99. The maximum atomic E-state index is 11.8. The van der Waals surface area contributed by atoms with Gasteiger partial charge >= 0.3 is 5.97 Å². The Morgan fingerprint density at radius 3 is 2.79 bits per heavy atom. The zero-order valence-corrected chi connectivity index (χ0v) is 12.3. The molecule has 1 aromatic heterocycles. The molecule has 1 aliphatic heterocycles. The number of hydrogen-bond donors (Lipinski definition) is 2. The van der Waals surface area contributed by atoms with Gasteiger partial charge in [0.05, 0.1) is 4.34 Å². The molecule has 2 rings (SSSR count). The Kier molecular flexibility index (Phi) is 4.54. The molecule has 1 fully saturated rings. The molecule has 2 N–H and O–H groups in total. The van der Waals surface area contributed by atoms with E-state index in [0.29, 0.717) is 16.5 Å². The molecule has 1 unspecified atom stereocenters. The van der Waals surface area contributed by atoms with Crippen molar-refractivity contribution in [2.45, 2.75) is 12.0 Å². The molecule has 7 heteroatoms. The van der Waals surface area contributed by atoms with Crippen LogP contribution in [-0.4, -0.2) is 34.0 Å². The van der Waals surface area contributed by atoms with Gasteiger partial charge in [0.1, 0.15) is 5.54 Å². The quantitative estimate of drug-likeness (QED) is 0.837. The minimum absolute atomic E-state index is 0.394. The van der Waals surface area contributed by atoms with Crippen molar-refractivity contribution in [3.05, 3.63) is 27.4 Å². The molecule has 1 aliphatic rings. The highest BCUT2D eigenvalue weighted by Crippen LogP contribution is 2.28.